The van der Waals surface area contributed by atoms with E-state index in [1.807, 2.05) is 18.2 Å². The molecule has 1 aliphatic rings. The van der Waals surface area contributed by atoms with Crippen LogP contribution >= 0.6 is 0 Å². The van der Waals surface area contributed by atoms with Crippen LogP contribution in [0.1, 0.15) is 34.1 Å². The van der Waals surface area contributed by atoms with Crippen molar-refractivity contribution in [3.63, 3.8) is 0 Å². The van der Waals surface area contributed by atoms with Crippen molar-refractivity contribution in [1.82, 2.24) is 0 Å². The summed E-state index contributed by atoms with van der Waals surface area (Å²) in [5.74, 6) is -0.114. The first-order valence-electron chi connectivity index (χ1n) is 9.88. The third kappa shape index (κ3) is 3.71. The number of esters is 1. The minimum atomic E-state index is -2.62. The van der Waals surface area contributed by atoms with Crippen LogP contribution in [0, 0.1) is 5.92 Å². The van der Waals surface area contributed by atoms with E-state index in [-0.39, 0.29) is 23.0 Å². The van der Waals surface area contributed by atoms with Gasteiger partial charge >= 0.3 is 5.97 Å². The Hall–Kier alpha value is -2.17. The molecule has 4 heteroatoms. The predicted octanol–water partition coefficient (Wildman–Crippen LogP) is 4.07. The average Bonchev–Trinajstić information content (AvgIpc) is 3.06. The summed E-state index contributed by atoms with van der Waals surface area (Å²) in [6.45, 7) is 8.87. The molecule has 2 aromatic carbocycles. The first-order valence-corrected chi connectivity index (χ1v) is 11.8. The summed E-state index contributed by atoms with van der Waals surface area (Å²) in [6, 6.07) is 21.2. The third-order valence-electron chi connectivity index (χ3n) is 5.65. The van der Waals surface area contributed by atoms with Gasteiger partial charge in [-0.15, -0.1) is 0 Å². The number of hydrogen-bond donors (Lipinski definition) is 0. The Kier molecular flexibility index (Phi) is 5.92. The van der Waals surface area contributed by atoms with Crippen LogP contribution in [0.15, 0.2) is 72.3 Å². The second-order valence-corrected chi connectivity index (χ2v) is 12.8. The minimum absolute atomic E-state index is 0.0825. The Balaban J connectivity index is 2.12. The molecule has 0 saturated carbocycles. The molecule has 0 saturated heterocycles. The Morgan fingerprint density at radius 1 is 0.964 bits per heavy atom. The highest BCUT2D eigenvalue weighted by atomic mass is 28.4. The first kappa shape index (κ1) is 20.6. The van der Waals surface area contributed by atoms with Gasteiger partial charge in [-0.3, -0.25) is 0 Å². The number of benzene rings is 2. The van der Waals surface area contributed by atoms with E-state index < -0.39 is 8.32 Å². The number of rotatable bonds is 5. The van der Waals surface area contributed by atoms with Crippen molar-refractivity contribution >= 4 is 24.7 Å². The first-order chi connectivity index (χ1) is 13.3. The van der Waals surface area contributed by atoms with Crippen LogP contribution < -0.4 is 10.4 Å². The fourth-order valence-corrected chi connectivity index (χ4v) is 8.93. The average molecular weight is 395 g/mol. The van der Waals surface area contributed by atoms with E-state index >= 15 is 0 Å². The lowest BCUT2D eigenvalue weighted by atomic mass is 10.0. The van der Waals surface area contributed by atoms with Crippen LogP contribution in [-0.4, -0.2) is 27.5 Å². The van der Waals surface area contributed by atoms with Crippen molar-refractivity contribution in [3.8, 4) is 0 Å². The summed E-state index contributed by atoms with van der Waals surface area (Å²) in [5, 5.41) is 2.42. The van der Waals surface area contributed by atoms with Crippen LogP contribution in [-0.2, 0) is 14.0 Å². The summed E-state index contributed by atoms with van der Waals surface area (Å²) in [5.41, 5.74) is 0.727. The lowest BCUT2D eigenvalue weighted by Crippen LogP contribution is -2.67. The third-order valence-corrected chi connectivity index (χ3v) is 10.7. The maximum absolute atomic E-state index is 12.1. The van der Waals surface area contributed by atoms with Gasteiger partial charge in [0.15, 0.2) is 0 Å². The number of carbonyl (C=O) groups is 1. The number of ether oxygens (including phenoxy) is 1. The summed E-state index contributed by atoms with van der Waals surface area (Å²) in [7, 11) is -1.18. The monoisotopic (exact) mass is 394 g/mol. The molecule has 0 fully saturated rings. The fourth-order valence-electron chi connectivity index (χ4n) is 4.30. The van der Waals surface area contributed by atoms with Crippen LogP contribution in [0.3, 0.4) is 0 Å². The molecular formula is C24H30O3Si. The smallest absolute Gasteiger partial charge is 0.333 e. The number of hydrogen-bond acceptors (Lipinski definition) is 3. The zero-order valence-corrected chi connectivity index (χ0v) is 18.4. The molecule has 0 spiro atoms. The molecule has 0 aliphatic heterocycles. The molecule has 3 rings (SSSR count). The normalized spacial score (nSPS) is 20.0. The van der Waals surface area contributed by atoms with Crippen molar-refractivity contribution < 1.29 is 14.0 Å². The van der Waals surface area contributed by atoms with E-state index in [4.69, 9.17) is 9.16 Å². The quantitative estimate of drug-likeness (QED) is 0.566. The summed E-state index contributed by atoms with van der Waals surface area (Å²) in [6.07, 6.45) is 2.68. The highest BCUT2D eigenvalue weighted by Crippen LogP contribution is 2.40. The molecule has 3 nitrogen and oxygen atoms in total. The molecule has 2 atom stereocenters. The second kappa shape index (κ2) is 8.06. The van der Waals surface area contributed by atoms with Crippen molar-refractivity contribution in [1.29, 1.82) is 0 Å². The molecule has 148 valence electrons. The highest BCUT2D eigenvalue weighted by molar-refractivity contribution is 6.99. The number of methoxy groups -OCH3 is 1. The van der Waals surface area contributed by atoms with Gasteiger partial charge in [-0.1, -0.05) is 88.4 Å². The second-order valence-electron chi connectivity index (χ2n) is 8.57. The van der Waals surface area contributed by atoms with Gasteiger partial charge in [-0.05, 0) is 33.8 Å². The predicted molar refractivity (Wildman–Crippen MR) is 116 cm³/mol. The van der Waals surface area contributed by atoms with Crippen LogP contribution in [0.4, 0.5) is 0 Å². The van der Waals surface area contributed by atoms with E-state index in [0.717, 1.165) is 12.0 Å². The maximum Gasteiger partial charge on any atom is 0.333 e. The van der Waals surface area contributed by atoms with Crippen LogP contribution in [0.2, 0.25) is 5.04 Å². The molecule has 2 aromatic rings. The summed E-state index contributed by atoms with van der Waals surface area (Å²) in [4.78, 5) is 12.1. The van der Waals surface area contributed by atoms with Crippen molar-refractivity contribution in [3.05, 3.63) is 72.3 Å². The molecular weight excluding hydrogens is 364 g/mol. The van der Waals surface area contributed by atoms with Gasteiger partial charge in [0, 0.05) is 5.57 Å². The molecule has 0 radical (unpaired) electrons. The van der Waals surface area contributed by atoms with E-state index in [9.17, 15) is 4.79 Å². The van der Waals surface area contributed by atoms with Crippen molar-refractivity contribution in [2.24, 2.45) is 5.92 Å². The Bertz CT molecular complexity index is 798. The lowest BCUT2D eigenvalue weighted by molar-refractivity contribution is -0.136. The van der Waals surface area contributed by atoms with Crippen LogP contribution in [0.5, 0.6) is 0 Å². The Morgan fingerprint density at radius 2 is 1.46 bits per heavy atom. The molecule has 0 N–H and O–H groups in total. The number of carbonyl (C=O) groups excluding carboxylic acids is 1. The topological polar surface area (TPSA) is 35.5 Å². The Morgan fingerprint density at radius 3 is 1.89 bits per heavy atom. The van der Waals surface area contributed by atoms with E-state index in [2.05, 4.69) is 76.2 Å². The summed E-state index contributed by atoms with van der Waals surface area (Å²) >= 11 is 0. The largest absolute Gasteiger partial charge is 0.466 e. The van der Waals surface area contributed by atoms with Gasteiger partial charge in [0.25, 0.3) is 8.32 Å². The van der Waals surface area contributed by atoms with Gasteiger partial charge in [-0.2, -0.15) is 0 Å². The SMILES string of the molecule is COC(=O)C1=C[C@H](O[Si](c2ccccc2)(c2ccccc2)C(C)(C)C)C[C@H]1C. The molecule has 0 heterocycles. The van der Waals surface area contributed by atoms with E-state index in [1.165, 1.54) is 17.5 Å². The lowest BCUT2D eigenvalue weighted by Gasteiger charge is -2.44. The van der Waals surface area contributed by atoms with Gasteiger partial charge < -0.3 is 9.16 Å². The van der Waals surface area contributed by atoms with Gasteiger partial charge in [0.05, 0.1) is 13.2 Å². The zero-order valence-electron chi connectivity index (χ0n) is 17.4. The highest BCUT2D eigenvalue weighted by Gasteiger charge is 2.52. The van der Waals surface area contributed by atoms with Crippen molar-refractivity contribution in [2.75, 3.05) is 7.11 Å². The molecule has 0 bridgehead atoms. The van der Waals surface area contributed by atoms with Gasteiger partial charge in [0.1, 0.15) is 0 Å². The molecule has 0 aromatic heterocycles. The van der Waals surface area contributed by atoms with Gasteiger partial charge in [0.2, 0.25) is 0 Å². The van der Waals surface area contributed by atoms with E-state index in [0.29, 0.717) is 0 Å². The standard InChI is InChI=1S/C24H30O3Si/c1-18-16-19(17-22(18)23(25)26-5)27-28(24(2,3)4,20-12-8-6-9-13-20)21-14-10-7-11-15-21/h6-15,17-19H,16H2,1-5H3/t18-,19-/m1/s1. The fraction of sp³-hybridized carbons (Fsp3) is 0.375. The minimum Gasteiger partial charge on any atom is -0.466 e. The molecule has 1 aliphatic carbocycles. The van der Waals surface area contributed by atoms with Gasteiger partial charge in [-0.25, -0.2) is 4.79 Å². The maximum atomic E-state index is 12.1. The summed E-state index contributed by atoms with van der Waals surface area (Å²) < 4.78 is 12.1. The van der Waals surface area contributed by atoms with Crippen molar-refractivity contribution in [2.45, 2.75) is 45.3 Å². The van der Waals surface area contributed by atoms with E-state index in [1.54, 1.807) is 0 Å². The van der Waals surface area contributed by atoms with Crippen LogP contribution in [0.25, 0.3) is 0 Å². The zero-order chi connectivity index (χ0) is 20.4. The molecule has 0 unspecified atom stereocenters. The molecule has 28 heavy (non-hydrogen) atoms. The molecule has 0 amide bonds. The Labute approximate surface area is 169 Å².